The van der Waals surface area contributed by atoms with Gasteiger partial charge in [0.25, 0.3) is 0 Å². The molecule has 7 heteroatoms. The molecule has 1 aromatic heterocycles. The summed E-state index contributed by atoms with van der Waals surface area (Å²) >= 11 is 1.55. The van der Waals surface area contributed by atoms with E-state index in [0.29, 0.717) is 47.0 Å². The minimum absolute atomic E-state index is 0.0120. The molecule has 6 nitrogen and oxygen atoms in total. The van der Waals surface area contributed by atoms with Gasteiger partial charge in [0.15, 0.2) is 5.78 Å². The monoisotopic (exact) mass is 454 g/mol. The van der Waals surface area contributed by atoms with Crippen molar-refractivity contribution in [2.45, 2.75) is 83.6 Å². The third-order valence-corrected chi connectivity index (χ3v) is 8.27. The van der Waals surface area contributed by atoms with Crippen LogP contribution in [0.2, 0.25) is 0 Å². The Morgan fingerprint density at radius 2 is 1.84 bits per heavy atom. The van der Waals surface area contributed by atoms with Crippen molar-refractivity contribution in [3.63, 3.8) is 0 Å². The lowest BCUT2D eigenvalue weighted by Crippen LogP contribution is -2.42. The van der Waals surface area contributed by atoms with Gasteiger partial charge in [0.05, 0.1) is 11.3 Å². The molecule has 1 atom stereocenters. The van der Waals surface area contributed by atoms with Crippen molar-refractivity contribution >= 4 is 33.7 Å². The summed E-state index contributed by atoms with van der Waals surface area (Å²) in [5.41, 5.74) is 2.05. The molecule has 0 bridgehead atoms. The number of thiophene rings is 1. The zero-order chi connectivity index (χ0) is 22.4. The highest BCUT2D eigenvalue weighted by atomic mass is 32.1. The Kier molecular flexibility index (Phi) is 5.78. The largest absolute Gasteiger partial charge is 0.378 e. The summed E-state index contributed by atoms with van der Waals surface area (Å²) in [7, 11) is 0. The van der Waals surface area contributed by atoms with Gasteiger partial charge in [-0.25, -0.2) is 0 Å². The van der Waals surface area contributed by atoms with E-state index in [1.165, 1.54) is 17.7 Å². The molecule has 1 amide bonds. The average Bonchev–Trinajstić information content (AvgIpc) is 3.70. The Morgan fingerprint density at radius 1 is 1.06 bits per heavy atom. The number of hydrogen-bond donors (Lipinski definition) is 2. The topological polar surface area (TPSA) is 92.3 Å². The van der Waals surface area contributed by atoms with Crippen LogP contribution in [0.3, 0.4) is 0 Å². The van der Waals surface area contributed by atoms with E-state index in [-0.39, 0.29) is 29.1 Å². The molecule has 0 saturated heterocycles. The minimum atomic E-state index is -0.414. The number of carbonyl (C=O) groups is 2. The summed E-state index contributed by atoms with van der Waals surface area (Å²) in [5.74, 6) is 0.923. The first-order chi connectivity index (χ1) is 15.5. The minimum Gasteiger partial charge on any atom is -0.378 e. The van der Waals surface area contributed by atoms with E-state index >= 15 is 0 Å². The fourth-order valence-electron chi connectivity index (χ4n) is 4.80. The van der Waals surface area contributed by atoms with Crippen molar-refractivity contribution in [1.82, 2.24) is 0 Å². The van der Waals surface area contributed by atoms with E-state index in [2.05, 4.69) is 10.6 Å². The molecule has 0 aliphatic heterocycles. The lowest BCUT2D eigenvalue weighted by atomic mass is 9.88. The molecule has 2 aromatic rings. The first kappa shape index (κ1) is 21.6. The molecule has 0 radical (unpaired) electrons. The van der Waals surface area contributed by atoms with Crippen molar-refractivity contribution in [2.24, 2.45) is 11.8 Å². The second-order valence-electron chi connectivity index (χ2n) is 9.72. The van der Waals surface area contributed by atoms with Crippen LogP contribution in [0.4, 0.5) is 10.7 Å². The van der Waals surface area contributed by atoms with E-state index < -0.39 is 5.43 Å². The van der Waals surface area contributed by atoms with Gasteiger partial charge in [0.2, 0.25) is 16.8 Å². The molecule has 2 fully saturated rings. The van der Waals surface area contributed by atoms with Gasteiger partial charge in [0, 0.05) is 28.8 Å². The fourth-order valence-corrected chi connectivity index (χ4v) is 6.07. The van der Waals surface area contributed by atoms with Gasteiger partial charge in [-0.3, -0.25) is 19.2 Å². The van der Waals surface area contributed by atoms with Gasteiger partial charge in [-0.1, -0.05) is 26.2 Å². The zero-order valence-electron chi connectivity index (χ0n) is 18.6. The smallest absolute Gasteiger partial charge is 0.249 e. The molecule has 170 valence electrons. The van der Waals surface area contributed by atoms with Crippen LogP contribution in [0.25, 0.3) is 0 Å². The normalized spacial score (nSPS) is 20.2. The quantitative estimate of drug-likeness (QED) is 0.418. The molecule has 1 heterocycles. The summed E-state index contributed by atoms with van der Waals surface area (Å²) in [6, 6.07) is 0.0120. The number of nitrogens with one attached hydrogen (secondary N) is 2. The van der Waals surface area contributed by atoms with Gasteiger partial charge in [-0.15, -0.1) is 11.3 Å². The molecular weight excluding hydrogens is 424 g/mol. The number of carbonyl (C=O) groups excluding carboxylic acids is 2. The zero-order valence-corrected chi connectivity index (χ0v) is 19.4. The fraction of sp³-hybridized carbons (Fsp3) is 0.600. The predicted molar refractivity (Wildman–Crippen MR) is 127 cm³/mol. The third-order valence-electron chi connectivity index (χ3n) is 7.06. The van der Waals surface area contributed by atoms with Crippen LogP contribution < -0.4 is 21.5 Å². The maximum Gasteiger partial charge on any atom is 0.249 e. The van der Waals surface area contributed by atoms with E-state index in [1.807, 2.05) is 6.92 Å². The van der Waals surface area contributed by atoms with E-state index in [0.717, 1.165) is 44.1 Å². The van der Waals surface area contributed by atoms with Gasteiger partial charge < -0.3 is 10.6 Å². The maximum atomic E-state index is 13.3. The van der Waals surface area contributed by atoms with Crippen LogP contribution in [-0.4, -0.2) is 17.7 Å². The third kappa shape index (κ3) is 4.19. The number of amides is 1. The molecule has 2 saturated carbocycles. The Morgan fingerprint density at radius 3 is 2.53 bits per heavy atom. The Hall–Kier alpha value is -2.28. The van der Waals surface area contributed by atoms with Crippen LogP contribution in [0, 0.1) is 11.8 Å². The Bertz CT molecular complexity index is 1130. The lowest BCUT2D eigenvalue weighted by Gasteiger charge is -2.26. The van der Waals surface area contributed by atoms with Crippen molar-refractivity contribution in [3.8, 4) is 0 Å². The van der Waals surface area contributed by atoms with Gasteiger partial charge in [-0.05, 0) is 56.4 Å². The van der Waals surface area contributed by atoms with Crippen LogP contribution in [0.15, 0.2) is 9.59 Å². The standard InChI is InChI=1S/C25H30N2O4S/c1-2-3-16-21(23(30)22(16)29)26-15-9-11-19-17(12-15)20(18(28)10-6-13-4-5-13)25(32-19)27-24(31)14-7-8-14/h13-15,26H,2-12H2,1H3,(H,27,31). The van der Waals surface area contributed by atoms with Crippen LogP contribution in [0.5, 0.6) is 0 Å². The molecule has 0 spiro atoms. The molecule has 3 aliphatic rings. The highest BCUT2D eigenvalue weighted by Crippen LogP contribution is 2.42. The van der Waals surface area contributed by atoms with E-state index in [9.17, 15) is 19.2 Å². The highest BCUT2D eigenvalue weighted by molar-refractivity contribution is 7.17. The molecule has 2 N–H and O–H groups in total. The molecule has 3 aliphatic carbocycles. The number of aryl methyl sites for hydroxylation is 1. The number of fused-ring (bicyclic) bond motifs is 1. The summed E-state index contributed by atoms with van der Waals surface area (Å²) in [6.07, 6.45) is 9.45. The summed E-state index contributed by atoms with van der Waals surface area (Å²) < 4.78 is 0. The van der Waals surface area contributed by atoms with Gasteiger partial charge in [0.1, 0.15) is 5.00 Å². The SMILES string of the molecule is CCCc1c(NC2CCc3sc(NC(=O)C4CC4)c(C(=O)CCC4CC4)c3C2)c(=O)c1=O. The van der Waals surface area contributed by atoms with Crippen LogP contribution in [-0.2, 0) is 24.1 Å². The Balaban J connectivity index is 1.38. The lowest BCUT2D eigenvalue weighted by molar-refractivity contribution is -0.117. The van der Waals surface area contributed by atoms with E-state index in [1.54, 1.807) is 11.3 Å². The first-order valence-corrected chi connectivity index (χ1v) is 12.8. The molecular formula is C25H30N2O4S. The van der Waals surface area contributed by atoms with Gasteiger partial charge >= 0.3 is 0 Å². The average molecular weight is 455 g/mol. The van der Waals surface area contributed by atoms with Crippen molar-refractivity contribution in [3.05, 3.63) is 42.0 Å². The Labute approximate surface area is 191 Å². The van der Waals surface area contributed by atoms with Gasteiger partial charge in [-0.2, -0.15) is 0 Å². The molecule has 1 aromatic carbocycles. The van der Waals surface area contributed by atoms with Crippen LogP contribution in [0.1, 0.15) is 84.7 Å². The second kappa shape index (κ2) is 8.58. The van der Waals surface area contributed by atoms with Crippen molar-refractivity contribution in [2.75, 3.05) is 10.6 Å². The highest BCUT2D eigenvalue weighted by Gasteiger charge is 2.35. The number of ketones is 1. The molecule has 32 heavy (non-hydrogen) atoms. The van der Waals surface area contributed by atoms with Crippen LogP contribution >= 0.6 is 11.3 Å². The predicted octanol–water partition coefficient (Wildman–Crippen LogP) is 3.99. The second-order valence-corrected chi connectivity index (χ2v) is 10.8. The first-order valence-electron chi connectivity index (χ1n) is 12.0. The number of rotatable bonds is 10. The van der Waals surface area contributed by atoms with Crippen molar-refractivity contribution in [1.29, 1.82) is 0 Å². The molecule has 5 rings (SSSR count). The van der Waals surface area contributed by atoms with Crippen molar-refractivity contribution < 1.29 is 9.59 Å². The molecule has 1 unspecified atom stereocenters. The number of hydrogen-bond acceptors (Lipinski definition) is 6. The summed E-state index contributed by atoms with van der Waals surface area (Å²) in [6.45, 7) is 2.00. The number of anilines is 2. The number of Topliss-reactive ketones (excluding diaryl/α,β-unsaturated/α-hetero) is 1. The summed E-state index contributed by atoms with van der Waals surface area (Å²) in [4.78, 5) is 50.9. The van der Waals surface area contributed by atoms with E-state index in [4.69, 9.17) is 0 Å². The summed E-state index contributed by atoms with van der Waals surface area (Å²) in [5, 5.41) is 7.11. The maximum absolute atomic E-state index is 13.3.